The number of rotatable bonds is 4. The third kappa shape index (κ3) is 4.25. The van der Waals surface area contributed by atoms with E-state index in [1.54, 1.807) is 0 Å². The Morgan fingerprint density at radius 3 is 2.72 bits per heavy atom. The summed E-state index contributed by atoms with van der Waals surface area (Å²) in [7, 11) is 0. The zero-order chi connectivity index (χ0) is 12.8. The monoisotopic (exact) mass is 254 g/mol. The van der Waals surface area contributed by atoms with E-state index in [0.29, 0.717) is 12.5 Å². The molecule has 0 aromatic carbocycles. The molecule has 1 saturated heterocycles. The maximum absolute atomic E-state index is 11.9. The molecule has 1 amide bonds. The molecule has 1 heterocycles. The molecule has 1 unspecified atom stereocenters. The van der Waals surface area contributed by atoms with Crippen LogP contribution < -0.4 is 10.6 Å². The van der Waals surface area contributed by atoms with Crippen molar-refractivity contribution in [2.45, 2.75) is 57.6 Å². The Labute approximate surface area is 110 Å². The van der Waals surface area contributed by atoms with Crippen molar-refractivity contribution < 1.29 is 9.53 Å². The van der Waals surface area contributed by atoms with Gasteiger partial charge in [0.2, 0.25) is 5.91 Å². The Hall–Kier alpha value is -0.610. The van der Waals surface area contributed by atoms with Gasteiger partial charge in [-0.1, -0.05) is 13.3 Å². The maximum Gasteiger partial charge on any atom is 0.222 e. The van der Waals surface area contributed by atoms with Gasteiger partial charge in [-0.25, -0.2) is 0 Å². The van der Waals surface area contributed by atoms with Crippen LogP contribution in [0.3, 0.4) is 0 Å². The summed E-state index contributed by atoms with van der Waals surface area (Å²) in [6, 6.07) is 0.400. The molecule has 1 atom stereocenters. The van der Waals surface area contributed by atoms with Crippen LogP contribution in [0.25, 0.3) is 0 Å². The number of morpholine rings is 1. The summed E-state index contributed by atoms with van der Waals surface area (Å²) < 4.78 is 5.55. The molecular formula is C14H26N2O2. The Balaban J connectivity index is 1.65. The van der Waals surface area contributed by atoms with Crippen LogP contribution in [0.1, 0.15) is 45.4 Å². The van der Waals surface area contributed by atoms with Crippen LogP contribution in [0, 0.1) is 5.92 Å². The molecule has 2 rings (SSSR count). The molecule has 2 fully saturated rings. The number of hydrogen-bond donors (Lipinski definition) is 2. The van der Waals surface area contributed by atoms with Crippen molar-refractivity contribution in [3.05, 3.63) is 0 Å². The number of amides is 1. The lowest BCUT2D eigenvalue weighted by Gasteiger charge is -2.29. The third-order valence-electron chi connectivity index (χ3n) is 4.21. The molecule has 2 N–H and O–H groups in total. The fraction of sp³-hybridized carbons (Fsp3) is 0.929. The number of ether oxygens (including phenoxy) is 1. The Kier molecular flexibility index (Phi) is 5.45. The van der Waals surface area contributed by atoms with E-state index in [-0.39, 0.29) is 12.0 Å². The van der Waals surface area contributed by atoms with Gasteiger partial charge in [-0.05, 0) is 31.6 Å². The predicted octanol–water partition coefficient (Wildman–Crippen LogP) is 1.45. The van der Waals surface area contributed by atoms with Crippen LogP contribution in [0.4, 0.5) is 0 Å². The first-order chi connectivity index (χ1) is 8.78. The van der Waals surface area contributed by atoms with Crippen LogP contribution in [-0.4, -0.2) is 37.7 Å². The largest absolute Gasteiger partial charge is 0.375 e. The van der Waals surface area contributed by atoms with Gasteiger partial charge >= 0.3 is 0 Å². The first-order valence-corrected chi connectivity index (χ1v) is 7.39. The lowest BCUT2D eigenvalue weighted by molar-refractivity contribution is -0.125. The van der Waals surface area contributed by atoms with E-state index < -0.39 is 0 Å². The molecule has 18 heavy (non-hydrogen) atoms. The lowest BCUT2D eigenvalue weighted by atomic mass is 9.84. The average molecular weight is 254 g/mol. The van der Waals surface area contributed by atoms with Crippen molar-refractivity contribution in [2.75, 3.05) is 19.7 Å². The zero-order valence-corrected chi connectivity index (χ0v) is 11.4. The molecule has 1 saturated carbocycles. The minimum atomic E-state index is 0.0609. The second-order valence-electron chi connectivity index (χ2n) is 5.59. The quantitative estimate of drug-likeness (QED) is 0.798. The van der Waals surface area contributed by atoms with Crippen molar-refractivity contribution >= 4 is 5.91 Å². The third-order valence-corrected chi connectivity index (χ3v) is 4.21. The highest BCUT2D eigenvalue weighted by Gasteiger charge is 2.23. The molecule has 0 aromatic heterocycles. The predicted molar refractivity (Wildman–Crippen MR) is 71.4 cm³/mol. The summed E-state index contributed by atoms with van der Waals surface area (Å²) in [5.41, 5.74) is 0. The van der Waals surface area contributed by atoms with E-state index >= 15 is 0 Å². The van der Waals surface area contributed by atoms with Crippen molar-refractivity contribution in [1.29, 1.82) is 0 Å². The fourth-order valence-electron chi connectivity index (χ4n) is 2.96. The first-order valence-electron chi connectivity index (χ1n) is 7.39. The summed E-state index contributed by atoms with van der Waals surface area (Å²) >= 11 is 0. The van der Waals surface area contributed by atoms with Crippen molar-refractivity contribution in [3.8, 4) is 0 Å². The second kappa shape index (κ2) is 7.10. The summed E-state index contributed by atoms with van der Waals surface area (Å²) in [6.45, 7) is 4.69. The van der Waals surface area contributed by atoms with E-state index in [1.165, 1.54) is 19.3 Å². The van der Waals surface area contributed by atoms with Gasteiger partial charge < -0.3 is 15.4 Å². The average Bonchev–Trinajstić information content (AvgIpc) is 2.40. The van der Waals surface area contributed by atoms with E-state index in [4.69, 9.17) is 4.74 Å². The summed E-state index contributed by atoms with van der Waals surface area (Å²) in [5, 5.41) is 6.42. The van der Waals surface area contributed by atoms with Crippen LogP contribution in [0.15, 0.2) is 0 Å². The highest BCUT2D eigenvalue weighted by atomic mass is 16.5. The van der Waals surface area contributed by atoms with E-state index in [0.717, 1.165) is 38.5 Å². The highest BCUT2D eigenvalue weighted by molar-refractivity contribution is 5.76. The van der Waals surface area contributed by atoms with E-state index in [9.17, 15) is 4.79 Å². The molecule has 0 aromatic rings. The summed E-state index contributed by atoms with van der Waals surface area (Å²) in [4.78, 5) is 11.9. The minimum absolute atomic E-state index is 0.0609. The van der Waals surface area contributed by atoms with Crippen LogP contribution >= 0.6 is 0 Å². The van der Waals surface area contributed by atoms with Gasteiger partial charge in [-0.3, -0.25) is 4.79 Å². The highest BCUT2D eigenvalue weighted by Crippen LogP contribution is 2.26. The molecule has 2 aliphatic rings. The lowest BCUT2D eigenvalue weighted by Crippen LogP contribution is -2.44. The van der Waals surface area contributed by atoms with E-state index in [2.05, 4.69) is 17.6 Å². The zero-order valence-electron chi connectivity index (χ0n) is 11.4. The topological polar surface area (TPSA) is 50.4 Å². The van der Waals surface area contributed by atoms with Gasteiger partial charge in [-0.15, -0.1) is 0 Å². The normalized spacial score (nSPS) is 33.1. The Morgan fingerprint density at radius 2 is 2.11 bits per heavy atom. The molecule has 1 aliphatic carbocycles. The van der Waals surface area contributed by atoms with Gasteiger partial charge in [0.05, 0.1) is 19.1 Å². The molecule has 0 spiro atoms. The summed E-state index contributed by atoms with van der Waals surface area (Å²) in [5.74, 6) is 1.03. The number of carbonyl (C=O) groups excluding carboxylic acids is 1. The molecule has 4 nitrogen and oxygen atoms in total. The molecule has 0 bridgehead atoms. The SMILES string of the molecule is CCC1CCC(NC(=O)CC2CNCCO2)CC1. The van der Waals surface area contributed by atoms with Gasteiger partial charge in [-0.2, -0.15) is 0 Å². The van der Waals surface area contributed by atoms with Gasteiger partial charge in [0.15, 0.2) is 0 Å². The van der Waals surface area contributed by atoms with Gasteiger partial charge in [0, 0.05) is 19.1 Å². The second-order valence-corrected chi connectivity index (χ2v) is 5.59. The van der Waals surface area contributed by atoms with Gasteiger partial charge in [0.25, 0.3) is 0 Å². The smallest absolute Gasteiger partial charge is 0.222 e. The van der Waals surface area contributed by atoms with Crippen LogP contribution in [0.5, 0.6) is 0 Å². The number of carbonyl (C=O) groups is 1. The molecular weight excluding hydrogens is 228 g/mol. The van der Waals surface area contributed by atoms with E-state index in [1.807, 2.05) is 0 Å². The standard InChI is InChI=1S/C14H26N2O2/c1-2-11-3-5-12(6-4-11)16-14(17)9-13-10-15-7-8-18-13/h11-13,15H,2-10H2,1H3,(H,16,17). The number of nitrogens with one attached hydrogen (secondary N) is 2. The minimum Gasteiger partial charge on any atom is -0.375 e. The first kappa shape index (κ1) is 13.8. The Morgan fingerprint density at radius 1 is 1.33 bits per heavy atom. The van der Waals surface area contributed by atoms with Crippen molar-refractivity contribution in [1.82, 2.24) is 10.6 Å². The fourth-order valence-corrected chi connectivity index (χ4v) is 2.96. The number of hydrogen-bond acceptors (Lipinski definition) is 3. The molecule has 0 radical (unpaired) electrons. The summed E-state index contributed by atoms with van der Waals surface area (Å²) in [6.07, 6.45) is 6.67. The maximum atomic E-state index is 11.9. The van der Waals surface area contributed by atoms with Crippen LogP contribution in [0.2, 0.25) is 0 Å². The van der Waals surface area contributed by atoms with Crippen molar-refractivity contribution in [2.24, 2.45) is 5.92 Å². The molecule has 1 aliphatic heterocycles. The van der Waals surface area contributed by atoms with Crippen LogP contribution in [-0.2, 0) is 9.53 Å². The molecule has 104 valence electrons. The van der Waals surface area contributed by atoms with Gasteiger partial charge in [0.1, 0.15) is 0 Å². The van der Waals surface area contributed by atoms with Crippen molar-refractivity contribution in [3.63, 3.8) is 0 Å². The Bertz CT molecular complexity index is 257. The molecule has 4 heteroatoms.